The second-order valence-corrected chi connectivity index (χ2v) is 7.17. The van der Waals surface area contributed by atoms with Crippen molar-refractivity contribution in [2.45, 2.75) is 0 Å². The summed E-state index contributed by atoms with van der Waals surface area (Å²) in [4.78, 5) is 8.49. The maximum Gasteiger partial charge on any atom is 0.127 e. The van der Waals surface area contributed by atoms with E-state index in [1.165, 1.54) is 4.70 Å². The zero-order chi connectivity index (χ0) is 17.5. The van der Waals surface area contributed by atoms with E-state index in [4.69, 9.17) is 9.72 Å². The van der Waals surface area contributed by atoms with E-state index >= 15 is 0 Å². The van der Waals surface area contributed by atoms with Gasteiger partial charge < -0.3 is 9.72 Å². The molecular weight excluding hydrogens is 340 g/mol. The SMILES string of the molecule is COc1ccc2[nH]c(-c3ccccc3)c(-c3nc4ccccc4s3)c2c1. The molecule has 0 saturated carbocycles. The van der Waals surface area contributed by atoms with Crippen LogP contribution in [0.15, 0.2) is 72.8 Å². The van der Waals surface area contributed by atoms with Gasteiger partial charge in [-0.05, 0) is 35.9 Å². The lowest BCUT2D eigenvalue weighted by Gasteiger charge is -2.03. The zero-order valence-corrected chi connectivity index (χ0v) is 15.0. The smallest absolute Gasteiger partial charge is 0.127 e. The van der Waals surface area contributed by atoms with Gasteiger partial charge in [0.15, 0.2) is 0 Å². The second kappa shape index (κ2) is 6.00. The number of benzene rings is 3. The lowest BCUT2D eigenvalue weighted by Crippen LogP contribution is -1.83. The summed E-state index contributed by atoms with van der Waals surface area (Å²) in [5, 5.41) is 2.15. The molecule has 26 heavy (non-hydrogen) atoms. The lowest BCUT2D eigenvalue weighted by atomic mass is 10.1. The third-order valence-corrected chi connectivity index (χ3v) is 5.63. The quantitative estimate of drug-likeness (QED) is 0.423. The van der Waals surface area contributed by atoms with Gasteiger partial charge in [0.25, 0.3) is 0 Å². The standard InChI is InChI=1S/C22H16N2OS/c1-25-15-11-12-17-16(13-15)20(21(23-17)14-7-3-2-4-8-14)22-24-18-9-5-6-10-19(18)26-22/h2-13,23H,1H3. The Morgan fingerprint density at radius 3 is 2.54 bits per heavy atom. The second-order valence-electron chi connectivity index (χ2n) is 6.14. The predicted octanol–water partition coefficient (Wildman–Crippen LogP) is 6.12. The summed E-state index contributed by atoms with van der Waals surface area (Å²) < 4.78 is 6.65. The van der Waals surface area contributed by atoms with E-state index in [0.29, 0.717) is 0 Å². The highest BCUT2D eigenvalue weighted by atomic mass is 32.1. The van der Waals surface area contributed by atoms with Crippen molar-refractivity contribution < 1.29 is 4.74 Å². The fourth-order valence-electron chi connectivity index (χ4n) is 3.32. The number of H-pyrrole nitrogens is 1. The van der Waals surface area contributed by atoms with Gasteiger partial charge in [-0.1, -0.05) is 42.5 Å². The summed E-state index contributed by atoms with van der Waals surface area (Å²) in [7, 11) is 1.70. The van der Waals surface area contributed by atoms with Crippen LogP contribution in [0.4, 0.5) is 0 Å². The fourth-order valence-corrected chi connectivity index (χ4v) is 4.35. The molecule has 5 rings (SSSR count). The van der Waals surface area contributed by atoms with E-state index in [-0.39, 0.29) is 0 Å². The van der Waals surface area contributed by atoms with E-state index < -0.39 is 0 Å². The van der Waals surface area contributed by atoms with Crippen molar-refractivity contribution in [2.75, 3.05) is 7.11 Å². The third-order valence-electron chi connectivity index (χ3n) is 4.58. The third kappa shape index (κ3) is 2.38. The molecule has 0 amide bonds. The average molecular weight is 356 g/mol. The Morgan fingerprint density at radius 1 is 0.923 bits per heavy atom. The topological polar surface area (TPSA) is 37.9 Å². The maximum absolute atomic E-state index is 5.46. The maximum atomic E-state index is 5.46. The Morgan fingerprint density at radius 2 is 1.73 bits per heavy atom. The van der Waals surface area contributed by atoms with Gasteiger partial charge in [0.1, 0.15) is 10.8 Å². The summed E-state index contributed by atoms with van der Waals surface area (Å²) in [6.45, 7) is 0. The molecule has 5 aromatic rings. The van der Waals surface area contributed by atoms with Crippen LogP contribution in [-0.4, -0.2) is 17.1 Å². The van der Waals surface area contributed by atoms with Gasteiger partial charge in [0.05, 0.1) is 23.0 Å². The number of aromatic amines is 1. The first-order chi connectivity index (χ1) is 12.8. The molecule has 0 saturated heterocycles. The molecule has 0 unspecified atom stereocenters. The Labute approximate surface area is 154 Å². The van der Waals surface area contributed by atoms with Crippen LogP contribution < -0.4 is 4.74 Å². The van der Waals surface area contributed by atoms with Crippen molar-refractivity contribution in [1.82, 2.24) is 9.97 Å². The molecule has 2 heterocycles. The molecule has 3 nitrogen and oxygen atoms in total. The molecule has 0 radical (unpaired) electrons. The molecule has 0 atom stereocenters. The van der Waals surface area contributed by atoms with E-state index in [0.717, 1.165) is 44.0 Å². The number of methoxy groups -OCH3 is 1. The molecule has 3 aromatic carbocycles. The summed E-state index contributed by atoms with van der Waals surface area (Å²) >= 11 is 1.72. The number of hydrogen-bond donors (Lipinski definition) is 1. The predicted molar refractivity (Wildman–Crippen MR) is 109 cm³/mol. The molecule has 0 fully saturated rings. The zero-order valence-electron chi connectivity index (χ0n) is 14.2. The number of para-hydroxylation sites is 1. The Bertz CT molecular complexity index is 1190. The molecule has 0 aliphatic rings. The van der Waals surface area contributed by atoms with Crippen LogP contribution in [0.25, 0.3) is 42.9 Å². The highest BCUT2D eigenvalue weighted by Gasteiger charge is 2.18. The minimum Gasteiger partial charge on any atom is -0.497 e. The molecule has 126 valence electrons. The van der Waals surface area contributed by atoms with E-state index in [2.05, 4.69) is 59.6 Å². The molecule has 1 N–H and O–H groups in total. The van der Waals surface area contributed by atoms with Gasteiger partial charge in [0.2, 0.25) is 0 Å². The number of nitrogens with one attached hydrogen (secondary N) is 1. The van der Waals surface area contributed by atoms with Crippen molar-refractivity contribution in [2.24, 2.45) is 0 Å². The average Bonchev–Trinajstić information content (AvgIpc) is 3.28. The normalized spacial score (nSPS) is 11.3. The summed E-state index contributed by atoms with van der Waals surface area (Å²) in [6.07, 6.45) is 0. The number of thiazole rings is 1. The molecular formula is C22H16N2OS. The van der Waals surface area contributed by atoms with E-state index in [1.54, 1.807) is 18.4 Å². The lowest BCUT2D eigenvalue weighted by molar-refractivity contribution is 0.415. The molecule has 0 bridgehead atoms. The van der Waals surface area contributed by atoms with Crippen molar-refractivity contribution in [3.63, 3.8) is 0 Å². The largest absolute Gasteiger partial charge is 0.497 e. The van der Waals surface area contributed by atoms with Crippen molar-refractivity contribution in [3.8, 4) is 27.6 Å². The fraction of sp³-hybridized carbons (Fsp3) is 0.0455. The summed E-state index contributed by atoms with van der Waals surface area (Å²) in [5.41, 5.74) is 5.48. The van der Waals surface area contributed by atoms with Crippen LogP contribution >= 0.6 is 11.3 Å². The first kappa shape index (κ1) is 15.2. The number of hydrogen-bond acceptors (Lipinski definition) is 3. The van der Waals surface area contributed by atoms with Gasteiger partial charge in [-0.25, -0.2) is 4.98 Å². The number of aromatic nitrogens is 2. The van der Waals surface area contributed by atoms with Gasteiger partial charge in [-0.3, -0.25) is 0 Å². The number of ether oxygens (including phenoxy) is 1. The van der Waals surface area contributed by atoms with Crippen LogP contribution in [-0.2, 0) is 0 Å². The minimum atomic E-state index is 0.846. The molecule has 2 aromatic heterocycles. The number of rotatable bonds is 3. The minimum absolute atomic E-state index is 0.846. The first-order valence-corrected chi connectivity index (χ1v) is 9.26. The van der Waals surface area contributed by atoms with Crippen LogP contribution in [0.1, 0.15) is 0 Å². The van der Waals surface area contributed by atoms with Crippen LogP contribution in [0.5, 0.6) is 5.75 Å². The Hall–Kier alpha value is -3.11. The van der Waals surface area contributed by atoms with Crippen molar-refractivity contribution in [3.05, 3.63) is 72.8 Å². The van der Waals surface area contributed by atoms with Crippen LogP contribution in [0.3, 0.4) is 0 Å². The van der Waals surface area contributed by atoms with Gasteiger partial charge >= 0.3 is 0 Å². The van der Waals surface area contributed by atoms with Crippen LogP contribution in [0.2, 0.25) is 0 Å². The van der Waals surface area contributed by atoms with Gasteiger partial charge in [-0.15, -0.1) is 11.3 Å². The molecule has 4 heteroatoms. The first-order valence-electron chi connectivity index (χ1n) is 8.44. The van der Waals surface area contributed by atoms with E-state index in [9.17, 15) is 0 Å². The summed E-state index contributed by atoms with van der Waals surface area (Å²) in [5.74, 6) is 0.846. The number of nitrogens with zero attached hydrogens (tertiary/aromatic N) is 1. The Balaban J connectivity index is 1.85. The monoisotopic (exact) mass is 356 g/mol. The van der Waals surface area contributed by atoms with Crippen molar-refractivity contribution in [1.29, 1.82) is 0 Å². The summed E-state index contributed by atoms with van der Waals surface area (Å²) in [6, 6.07) is 24.8. The van der Waals surface area contributed by atoms with Crippen molar-refractivity contribution >= 4 is 32.5 Å². The van der Waals surface area contributed by atoms with E-state index in [1.807, 2.05) is 18.2 Å². The number of fused-ring (bicyclic) bond motifs is 2. The van der Waals surface area contributed by atoms with Gasteiger partial charge in [-0.2, -0.15) is 0 Å². The Kier molecular flexibility index (Phi) is 3.50. The molecule has 0 aliphatic heterocycles. The van der Waals surface area contributed by atoms with Crippen LogP contribution in [0, 0.1) is 0 Å². The highest BCUT2D eigenvalue weighted by molar-refractivity contribution is 7.21. The highest BCUT2D eigenvalue weighted by Crippen LogP contribution is 2.42. The molecule has 0 aliphatic carbocycles. The molecule has 0 spiro atoms. The van der Waals surface area contributed by atoms with Gasteiger partial charge in [0, 0.05) is 16.5 Å².